The molecule has 0 fully saturated rings. The minimum absolute atomic E-state index is 0.203. The summed E-state index contributed by atoms with van der Waals surface area (Å²) in [5, 5.41) is 27.6. The minimum Gasteiger partial charge on any atom is -0.464 e. The second kappa shape index (κ2) is 16.5. The highest BCUT2D eigenvalue weighted by molar-refractivity contribution is 5.95. The Bertz CT molecular complexity index is 500. The standard InChI is InChI=1S/C24H44O6/c1-19(2)8-5-9-20(3)10-6-11-21(4)12-7-13-22(28)14-23(29)30-18-24(15-25,16-26)17-27/h12,19-20,25-27H,5-11,13-18H2,1-4H3. The van der Waals surface area contributed by atoms with Crippen molar-refractivity contribution in [2.75, 3.05) is 26.4 Å². The number of allylic oxidation sites excluding steroid dienone is 2. The van der Waals surface area contributed by atoms with Gasteiger partial charge in [0, 0.05) is 6.42 Å². The highest BCUT2D eigenvalue weighted by Gasteiger charge is 2.30. The molecule has 0 radical (unpaired) electrons. The summed E-state index contributed by atoms with van der Waals surface area (Å²) in [6.07, 6.45) is 9.95. The first-order valence-corrected chi connectivity index (χ1v) is 11.3. The fraction of sp³-hybridized carbons (Fsp3) is 0.833. The summed E-state index contributed by atoms with van der Waals surface area (Å²) in [6, 6.07) is 0. The zero-order valence-electron chi connectivity index (χ0n) is 19.5. The van der Waals surface area contributed by atoms with Crippen LogP contribution in [0.4, 0.5) is 0 Å². The van der Waals surface area contributed by atoms with Crippen LogP contribution >= 0.6 is 0 Å². The van der Waals surface area contributed by atoms with E-state index in [1.54, 1.807) is 0 Å². The maximum Gasteiger partial charge on any atom is 0.313 e. The van der Waals surface area contributed by atoms with Gasteiger partial charge in [0.1, 0.15) is 18.8 Å². The Morgan fingerprint density at radius 3 is 2.10 bits per heavy atom. The Balaban J connectivity index is 4.01. The van der Waals surface area contributed by atoms with Gasteiger partial charge in [-0.3, -0.25) is 9.59 Å². The highest BCUT2D eigenvalue weighted by atomic mass is 16.5. The van der Waals surface area contributed by atoms with E-state index in [4.69, 9.17) is 4.74 Å². The third-order valence-corrected chi connectivity index (χ3v) is 5.55. The summed E-state index contributed by atoms with van der Waals surface area (Å²) < 4.78 is 4.94. The van der Waals surface area contributed by atoms with Crippen molar-refractivity contribution in [2.24, 2.45) is 17.3 Å². The third kappa shape index (κ3) is 13.9. The van der Waals surface area contributed by atoms with E-state index in [1.165, 1.54) is 31.3 Å². The zero-order chi connectivity index (χ0) is 23.0. The molecular formula is C24H44O6. The van der Waals surface area contributed by atoms with Gasteiger partial charge in [0.25, 0.3) is 0 Å². The second-order valence-electron chi connectivity index (χ2n) is 9.26. The average Bonchev–Trinajstić information content (AvgIpc) is 2.69. The molecule has 1 atom stereocenters. The van der Waals surface area contributed by atoms with Gasteiger partial charge in [0.05, 0.1) is 25.2 Å². The molecule has 0 saturated heterocycles. The number of hydrogen-bond donors (Lipinski definition) is 3. The van der Waals surface area contributed by atoms with E-state index in [0.717, 1.165) is 24.7 Å². The van der Waals surface area contributed by atoms with Crippen molar-refractivity contribution in [3.8, 4) is 0 Å². The number of rotatable bonds is 18. The van der Waals surface area contributed by atoms with Crippen molar-refractivity contribution in [3.05, 3.63) is 11.6 Å². The molecule has 0 aromatic carbocycles. The Labute approximate surface area is 182 Å². The van der Waals surface area contributed by atoms with Crippen LogP contribution in [0.2, 0.25) is 0 Å². The highest BCUT2D eigenvalue weighted by Crippen LogP contribution is 2.19. The first-order valence-electron chi connectivity index (χ1n) is 11.3. The monoisotopic (exact) mass is 428 g/mol. The van der Waals surface area contributed by atoms with Crippen molar-refractivity contribution in [1.29, 1.82) is 0 Å². The van der Waals surface area contributed by atoms with E-state index in [-0.39, 0.29) is 25.2 Å². The summed E-state index contributed by atoms with van der Waals surface area (Å²) in [4.78, 5) is 23.7. The van der Waals surface area contributed by atoms with E-state index >= 15 is 0 Å². The largest absolute Gasteiger partial charge is 0.464 e. The lowest BCUT2D eigenvalue weighted by molar-refractivity contribution is -0.152. The summed E-state index contributed by atoms with van der Waals surface area (Å²) in [5.74, 6) is 0.629. The molecule has 1 unspecified atom stereocenters. The molecule has 3 N–H and O–H groups in total. The predicted molar refractivity (Wildman–Crippen MR) is 119 cm³/mol. The molecule has 0 aromatic rings. The van der Waals surface area contributed by atoms with Gasteiger partial charge < -0.3 is 20.1 Å². The topological polar surface area (TPSA) is 104 Å². The smallest absolute Gasteiger partial charge is 0.313 e. The third-order valence-electron chi connectivity index (χ3n) is 5.55. The summed E-state index contributed by atoms with van der Waals surface area (Å²) >= 11 is 0. The molecule has 0 aliphatic carbocycles. The van der Waals surface area contributed by atoms with Crippen LogP contribution in [0, 0.1) is 17.3 Å². The van der Waals surface area contributed by atoms with Crippen LogP contribution in [0.5, 0.6) is 0 Å². The lowest BCUT2D eigenvalue weighted by Gasteiger charge is -2.26. The first kappa shape index (κ1) is 28.8. The molecule has 0 aliphatic rings. The van der Waals surface area contributed by atoms with E-state index in [2.05, 4.69) is 33.8 Å². The maximum atomic E-state index is 11.9. The van der Waals surface area contributed by atoms with Crippen LogP contribution in [0.1, 0.15) is 85.5 Å². The number of hydrogen-bond acceptors (Lipinski definition) is 6. The van der Waals surface area contributed by atoms with Crippen LogP contribution in [-0.2, 0) is 14.3 Å². The number of ketones is 1. The van der Waals surface area contributed by atoms with Gasteiger partial charge in [-0.2, -0.15) is 0 Å². The molecule has 0 rings (SSSR count). The van der Waals surface area contributed by atoms with E-state index in [1.807, 2.05) is 0 Å². The van der Waals surface area contributed by atoms with E-state index < -0.39 is 31.2 Å². The molecular weight excluding hydrogens is 384 g/mol. The van der Waals surface area contributed by atoms with Gasteiger partial charge in [0.2, 0.25) is 0 Å². The number of esters is 1. The van der Waals surface area contributed by atoms with Crippen molar-refractivity contribution in [2.45, 2.75) is 85.5 Å². The maximum absolute atomic E-state index is 11.9. The number of aliphatic hydroxyl groups excluding tert-OH is 3. The zero-order valence-corrected chi connectivity index (χ0v) is 19.5. The Kier molecular flexibility index (Phi) is 15.8. The minimum atomic E-state index is -1.27. The molecule has 0 heterocycles. The number of carbonyl (C=O) groups is 2. The van der Waals surface area contributed by atoms with E-state index in [9.17, 15) is 24.9 Å². The molecule has 0 spiro atoms. The van der Waals surface area contributed by atoms with Gasteiger partial charge in [-0.05, 0) is 38.0 Å². The summed E-state index contributed by atoms with van der Waals surface area (Å²) in [7, 11) is 0. The second-order valence-corrected chi connectivity index (χ2v) is 9.26. The van der Waals surface area contributed by atoms with Crippen LogP contribution in [-0.4, -0.2) is 53.5 Å². The van der Waals surface area contributed by atoms with Gasteiger partial charge in [-0.25, -0.2) is 0 Å². The lowest BCUT2D eigenvalue weighted by atomic mass is 9.93. The molecule has 30 heavy (non-hydrogen) atoms. The first-order chi connectivity index (χ1) is 14.2. The Morgan fingerprint density at radius 1 is 0.933 bits per heavy atom. The number of aliphatic hydroxyl groups is 3. The lowest BCUT2D eigenvalue weighted by Crippen LogP contribution is -2.39. The summed E-state index contributed by atoms with van der Waals surface area (Å²) in [5.41, 5.74) is 0.00294. The molecule has 0 amide bonds. The normalized spacial score (nSPS) is 13.5. The Hall–Kier alpha value is -1.24. The van der Waals surface area contributed by atoms with Crippen molar-refractivity contribution < 1.29 is 29.6 Å². The molecule has 0 aromatic heterocycles. The summed E-state index contributed by atoms with van der Waals surface area (Å²) in [6.45, 7) is 7.08. The fourth-order valence-corrected chi connectivity index (χ4v) is 3.15. The molecule has 0 aliphatic heterocycles. The number of ether oxygens (including phenoxy) is 1. The van der Waals surface area contributed by atoms with Gasteiger partial charge >= 0.3 is 5.97 Å². The van der Waals surface area contributed by atoms with Crippen LogP contribution in [0.25, 0.3) is 0 Å². The van der Waals surface area contributed by atoms with Crippen molar-refractivity contribution >= 4 is 11.8 Å². The van der Waals surface area contributed by atoms with Crippen LogP contribution in [0.15, 0.2) is 11.6 Å². The average molecular weight is 429 g/mol. The quantitative estimate of drug-likeness (QED) is 0.174. The van der Waals surface area contributed by atoms with Crippen LogP contribution < -0.4 is 0 Å². The van der Waals surface area contributed by atoms with Gasteiger partial charge in [-0.15, -0.1) is 0 Å². The molecule has 176 valence electrons. The van der Waals surface area contributed by atoms with Gasteiger partial charge in [-0.1, -0.05) is 58.1 Å². The SMILES string of the molecule is CC(=CCCC(=O)CC(=O)OCC(CO)(CO)CO)CCCC(C)CCCC(C)C. The van der Waals surface area contributed by atoms with Gasteiger partial charge in [0.15, 0.2) is 0 Å². The molecule has 0 bridgehead atoms. The number of carbonyl (C=O) groups excluding carboxylic acids is 2. The predicted octanol–water partition coefficient (Wildman–Crippen LogP) is 3.81. The van der Waals surface area contributed by atoms with E-state index in [0.29, 0.717) is 6.42 Å². The van der Waals surface area contributed by atoms with Crippen LogP contribution in [0.3, 0.4) is 0 Å². The molecule has 0 saturated carbocycles. The fourth-order valence-electron chi connectivity index (χ4n) is 3.15. The van der Waals surface area contributed by atoms with Crippen molar-refractivity contribution in [3.63, 3.8) is 0 Å². The molecule has 6 heteroatoms. The number of Topliss-reactive ketones (excluding diaryl/α,β-unsaturated/α-hetero) is 1. The Morgan fingerprint density at radius 2 is 1.53 bits per heavy atom. The van der Waals surface area contributed by atoms with Crippen molar-refractivity contribution in [1.82, 2.24) is 0 Å². The molecule has 6 nitrogen and oxygen atoms in total.